The van der Waals surface area contributed by atoms with Crippen molar-refractivity contribution in [2.45, 2.75) is 26.9 Å². The second-order valence-corrected chi connectivity index (χ2v) is 4.54. The standard InChI is InChI=1S/C10H18N2O/c1-10(2,3)9(13)7-12-6-5-11(4)8-12/h5-6,9,13H,7H2,1-4H3/t9-/m0/s1. The number of rotatable bonds is 2. The number of β-amino-alcohol motifs (C(OH)–C–C–N with tert-alkyl or cyclic N) is 1. The van der Waals surface area contributed by atoms with E-state index in [9.17, 15) is 5.11 Å². The number of nitrogens with zero attached hydrogens (tertiary/aromatic N) is 2. The molecular weight excluding hydrogens is 164 g/mol. The molecule has 1 atom stereocenters. The van der Waals surface area contributed by atoms with Gasteiger partial charge >= 0.3 is 0 Å². The van der Waals surface area contributed by atoms with Gasteiger partial charge < -0.3 is 14.9 Å². The summed E-state index contributed by atoms with van der Waals surface area (Å²) in [4.78, 5) is 3.71. The first-order valence-corrected chi connectivity index (χ1v) is 4.52. The van der Waals surface area contributed by atoms with E-state index in [0.29, 0.717) is 6.54 Å². The maximum absolute atomic E-state index is 9.80. The normalized spacial score (nSPS) is 19.8. The van der Waals surface area contributed by atoms with Crippen molar-refractivity contribution in [1.82, 2.24) is 9.80 Å². The highest BCUT2D eigenvalue weighted by Gasteiger charge is 2.25. The summed E-state index contributed by atoms with van der Waals surface area (Å²) in [7, 11) is 1.92. The third kappa shape index (κ3) is 2.92. The molecule has 1 aliphatic heterocycles. The minimum absolute atomic E-state index is 0.0727. The smallest absolute Gasteiger partial charge is 0.207 e. The van der Waals surface area contributed by atoms with Crippen LogP contribution >= 0.6 is 0 Å². The van der Waals surface area contributed by atoms with Gasteiger partial charge in [-0.3, -0.25) is 0 Å². The Balaban J connectivity index is 2.38. The monoisotopic (exact) mass is 182 g/mol. The van der Waals surface area contributed by atoms with Gasteiger partial charge in [0, 0.05) is 26.0 Å². The SMILES string of the molecule is CN1[C]N(C[C@H](O)C(C)(C)C)C=C1. The fourth-order valence-electron chi connectivity index (χ4n) is 1.01. The molecule has 0 aromatic rings. The Bertz CT molecular complexity index is 196. The minimum Gasteiger partial charge on any atom is -0.391 e. The third-order valence-corrected chi connectivity index (χ3v) is 2.13. The predicted octanol–water partition coefficient (Wildman–Crippen LogP) is 1.11. The fourth-order valence-corrected chi connectivity index (χ4v) is 1.01. The van der Waals surface area contributed by atoms with Gasteiger partial charge in [-0.25, -0.2) is 0 Å². The molecule has 2 radical (unpaired) electrons. The molecule has 0 saturated heterocycles. The zero-order valence-electron chi connectivity index (χ0n) is 8.78. The topological polar surface area (TPSA) is 26.7 Å². The summed E-state index contributed by atoms with van der Waals surface area (Å²) in [5.41, 5.74) is -0.0727. The van der Waals surface area contributed by atoms with E-state index in [-0.39, 0.29) is 11.5 Å². The van der Waals surface area contributed by atoms with Crippen molar-refractivity contribution in [3.8, 4) is 0 Å². The van der Waals surface area contributed by atoms with Gasteiger partial charge in [0.2, 0.25) is 6.67 Å². The Labute approximate surface area is 80.6 Å². The highest BCUT2D eigenvalue weighted by Crippen LogP contribution is 2.21. The molecule has 0 spiro atoms. The van der Waals surface area contributed by atoms with Crippen LogP contribution < -0.4 is 0 Å². The molecule has 3 nitrogen and oxygen atoms in total. The average molecular weight is 182 g/mol. The Kier molecular flexibility index (Phi) is 2.86. The van der Waals surface area contributed by atoms with Gasteiger partial charge in [-0.15, -0.1) is 0 Å². The predicted molar refractivity (Wildman–Crippen MR) is 52.3 cm³/mol. The average Bonchev–Trinajstić information content (AvgIpc) is 2.33. The van der Waals surface area contributed by atoms with Gasteiger partial charge in [0.25, 0.3) is 0 Å². The van der Waals surface area contributed by atoms with Crippen molar-refractivity contribution in [1.29, 1.82) is 0 Å². The lowest BCUT2D eigenvalue weighted by molar-refractivity contribution is 0.0437. The van der Waals surface area contributed by atoms with Gasteiger partial charge in [-0.1, -0.05) is 20.8 Å². The van der Waals surface area contributed by atoms with Crippen LogP contribution in [0.4, 0.5) is 0 Å². The fraction of sp³-hybridized carbons (Fsp3) is 0.700. The molecule has 1 N–H and O–H groups in total. The number of hydrogen-bond acceptors (Lipinski definition) is 3. The lowest BCUT2D eigenvalue weighted by Gasteiger charge is -2.29. The van der Waals surface area contributed by atoms with E-state index >= 15 is 0 Å². The van der Waals surface area contributed by atoms with Gasteiger partial charge in [0.1, 0.15) is 0 Å². The molecule has 1 aliphatic rings. The van der Waals surface area contributed by atoms with Gasteiger partial charge in [-0.2, -0.15) is 0 Å². The summed E-state index contributed by atoms with van der Waals surface area (Å²) in [5, 5.41) is 9.80. The van der Waals surface area contributed by atoms with Crippen molar-refractivity contribution in [3.05, 3.63) is 19.1 Å². The maximum Gasteiger partial charge on any atom is 0.207 e. The molecule has 0 unspecified atom stereocenters. The second kappa shape index (κ2) is 3.58. The molecule has 0 saturated carbocycles. The van der Waals surface area contributed by atoms with E-state index in [1.807, 2.05) is 50.0 Å². The molecule has 13 heavy (non-hydrogen) atoms. The minimum atomic E-state index is -0.337. The largest absolute Gasteiger partial charge is 0.391 e. The molecule has 74 valence electrons. The molecule has 0 bridgehead atoms. The first-order valence-electron chi connectivity index (χ1n) is 4.52. The van der Waals surface area contributed by atoms with E-state index < -0.39 is 0 Å². The molecule has 0 aliphatic carbocycles. The summed E-state index contributed by atoms with van der Waals surface area (Å²) in [5.74, 6) is 0. The summed E-state index contributed by atoms with van der Waals surface area (Å²) in [6.07, 6.45) is 3.49. The van der Waals surface area contributed by atoms with Crippen LogP contribution in [0, 0.1) is 12.1 Å². The van der Waals surface area contributed by atoms with Crippen LogP contribution in [0.5, 0.6) is 0 Å². The third-order valence-electron chi connectivity index (χ3n) is 2.13. The van der Waals surface area contributed by atoms with Crippen molar-refractivity contribution >= 4 is 0 Å². The Morgan fingerprint density at radius 1 is 1.38 bits per heavy atom. The lowest BCUT2D eigenvalue weighted by atomic mass is 9.89. The molecule has 3 heteroatoms. The molecule has 0 aromatic heterocycles. The van der Waals surface area contributed by atoms with Crippen molar-refractivity contribution in [3.63, 3.8) is 0 Å². The summed E-state index contributed by atoms with van der Waals surface area (Å²) in [6, 6.07) is 0. The van der Waals surface area contributed by atoms with Crippen LogP contribution in [-0.2, 0) is 0 Å². The van der Waals surface area contributed by atoms with E-state index in [2.05, 4.69) is 6.67 Å². The van der Waals surface area contributed by atoms with Crippen LogP contribution in [0.25, 0.3) is 0 Å². The van der Waals surface area contributed by atoms with Crippen molar-refractivity contribution in [2.75, 3.05) is 13.6 Å². The van der Waals surface area contributed by atoms with Gasteiger partial charge in [-0.05, 0) is 5.41 Å². The molecule has 0 fully saturated rings. The summed E-state index contributed by atoms with van der Waals surface area (Å²) in [6.45, 7) is 9.74. The van der Waals surface area contributed by atoms with Crippen LogP contribution in [0.2, 0.25) is 0 Å². The Morgan fingerprint density at radius 3 is 2.38 bits per heavy atom. The zero-order chi connectivity index (χ0) is 10.1. The molecule has 1 rings (SSSR count). The van der Waals surface area contributed by atoms with Crippen molar-refractivity contribution in [2.24, 2.45) is 5.41 Å². The van der Waals surface area contributed by atoms with Gasteiger partial charge in [0.15, 0.2) is 0 Å². The van der Waals surface area contributed by atoms with Crippen LogP contribution in [-0.4, -0.2) is 34.6 Å². The summed E-state index contributed by atoms with van der Waals surface area (Å²) >= 11 is 0. The first kappa shape index (κ1) is 10.4. The second-order valence-electron chi connectivity index (χ2n) is 4.54. The van der Waals surface area contributed by atoms with Crippen LogP contribution in [0.1, 0.15) is 20.8 Å². The first-order chi connectivity index (χ1) is 5.89. The molecular formula is C10H18N2O. The number of aliphatic hydroxyl groups excluding tert-OH is 1. The quantitative estimate of drug-likeness (QED) is 0.693. The highest BCUT2D eigenvalue weighted by molar-refractivity contribution is 4.96. The molecule has 1 heterocycles. The van der Waals surface area contributed by atoms with Gasteiger partial charge in [0.05, 0.1) is 6.10 Å². The molecule has 0 aromatic carbocycles. The number of hydrogen-bond donors (Lipinski definition) is 1. The van der Waals surface area contributed by atoms with E-state index in [1.165, 1.54) is 0 Å². The van der Waals surface area contributed by atoms with E-state index in [0.717, 1.165) is 0 Å². The van der Waals surface area contributed by atoms with Crippen LogP contribution in [0.3, 0.4) is 0 Å². The zero-order valence-corrected chi connectivity index (χ0v) is 8.78. The van der Waals surface area contributed by atoms with Crippen LogP contribution in [0.15, 0.2) is 12.4 Å². The highest BCUT2D eigenvalue weighted by atomic mass is 16.3. The van der Waals surface area contributed by atoms with E-state index in [1.54, 1.807) is 0 Å². The number of aliphatic hydroxyl groups is 1. The van der Waals surface area contributed by atoms with E-state index in [4.69, 9.17) is 0 Å². The maximum atomic E-state index is 9.80. The Hall–Kier alpha value is -0.700. The van der Waals surface area contributed by atoms with Crippen molar-refractivity contribution < 1.29 is 5.11 Å². The summed E-state index contributed by atoms with van der Waals surface area (Å²) < 4.78 is 0. The molecule has 0 amide bonds. The lowest BCUT2D eigenvalue weighted by Crippen LogP contribution is -2.36. The Morgan fingerprint density at radius 2 is 2.00 bits per heavy atom.